The van der Waals surface area contributed by atoms with Crippen LogP contribution in [0.25, 0.3) is 0 Å². The fourth-order valence-corrected chi connectivity index (χ4v) is 2.26. The van der Waals surface area contributed by atoms with Crippen LogP contribution >= 0.6 is 0 Å². The molecule has 0 aliphatic heterocycles. The van der Waals surface area contributed by atoms with Gasteiger partial charge in [-0.15, -0.1) is 0 Å². The zero-order valence-electron chi connectivity index (χ0n) is 11.4. The molecule has 0 aromatic heterocycles. The van der Waals surface area contributed by atoms with E-state index in [4.69, 9.17) is 4.74 Å². The van der Waals surface area contributed by atoms with Crippen molar-refractivity contribution in [2.45, 2.75) is 39.5 Å². The van der Waals surface area contributed by atoms with Crippen LogP contribution in [0.4, 0.5) is 0 Å². The molecule has 3 heteroatoms. The molecule has 3 nitrogen and oxygen atoms in total. The Kier molecular flexibility index (Phi) is 4.91. The van der Waals surface area contributed by atoms with Gasteiger partial charge in [0.15, 0.2) is 5.92 Å². The number of ether oxygens (including phenoxy) is 1. The van der Waals surface area contributed by atoms with Gasteiger partial charge in [0.1, 0.15) is 0 Å². The Morgan fingerprint density at radius 3 is 2.17 bits per heavy atom. The molecule has 0 spiro atoms. The fourth-order valence-electron chi connectivity index (χ4n) is 2.26. The third-order valence-electron chi connectivity index (χ3n) is 3.11. The molecule has 0 radical (unpaired) electrons. The van der Waals surface area contributed by atoms with Crippen LogP contribution < -0.4 is 0 Å². The topological polar surface area (TPSA) is 50.1 Å². The molecule has 96 valence electrons. The second kappa shape index (κ2) is 6.20. The lowest BCUT2D eigenvalue weighted by molar-refractivity contribution is -0.141. The van der Waals surface area contributed by atoms with Crippen molar-refractivity contribution in [3.8, 4) is 6.07 Å². The number of benzene rings is 1. The fraction of sp³-hybridized carbons (Fsp3) is 0.467. The number of esters is 1. The molecule has 0 saturated heterocycles. The lowest BCUT2D eigenvalue weighted by Crippen LogP contribution is -2.16. The summed E-state index contributed by atoms with van der Waals surface area (Å²) in [6, 6.07) is 6.15. The lowest BCUT2D eigenvalue weighted by atomic mass is 9.87. The molecule has 0 saturated carbocycles. The van der Waals surface area contributed by atoms with Gasteiger partial charge in [-0.3, -0.25) is 4.79 Å². The van der Waals surface area contributed by atoms with Crippen molar-refractivity contribution in [1.29, 1.82) is 5.26 Å². The summed E-state index contributed by atoms with van der Waals surface area (Å²) in [6.45, 7) is 6.09. The standard InChI is InChI=1S/C15H19NO2/c1-5-11-7-10(3)8-12(6-2)14(11)13(9-16)15(17)18-4/h7-8,13H,5-6H2,1-4H3. The number of hydrogen-bond acceptors (Lipinski definition) is 3. The number of carbonyl (C=O) groups excluding carboxylic acids is 1. The van der Waals surface area contributed by atoms with Crippen molar-refractivity contribution in [2.75, 3.05) is 7.11 Å². The largest absolute Gasteiger partial charge is 0.468 e. The van der Waals surface area contributed by atoms with E-state index in [0.29, 0.717) is 0 Å². The highest BCUT2D eigenvalue weighted by Gasteiger charge is 2.25. The molecular weight excluding hydrogens is 226 g/mol. The summed E-state index contributed by atoms with van der Waals surface area (Å²) in [5, 5.41) is 9.24. The average Bonchev–Trinajstić information content (AvgIpc) is 2.39. The van der Waals surface area contributed by atoms with E-state index in [1.807, 2.05) is 32.9 Å². The summed E-state index contributed by atoms with van der Waals surface area (Å²) in [7, 11) is 1.32. The van der Waals surface area contributed by atoms with E-state index >= 15 is 0 Å². The molecule has 0 aliphatic carbocycles. The monoisotopic (exact) mass is 245 g/mol. The third kappa shape index (κ3) is 2.70. The van der Waals surface area contributed by atoms with E-state index in [-0.39, 0.29) is 0 Å². The molecule has 0 aliphatic rings. The molecule has 0 amide bonds. The van der Waals surface area contributed by atoms with Crippen LogP contribution in [-0.2, 0) is 22.4 Å². The van der Waals surface area contributed by atoms with E-state index in [1.165, 1.54) is 7.11 Å². The highest BCUT2D eigenvalue weighted by molar-refractivity contribution is 5.82. The van der Waals surface area contributed by atoms with Gasteiger partial charge in [-0.05, 0) is 36.5 Å². The van der Waals surface area contributed by atoms with Gasteiger partial charge >= 0.3 is 5.97 Å². The highest BCUT2D eigenvalue weighted by atomic mass is 16.5. The second-order valence-electron chi connectivity index (χ2n) is 4.29. The molecule has 0 N–H and O–H groups in total. The first-order valence-corrected chi connectivity index (χ1v) is 6.18. The minimum atomic E-state index is -0.819. The van der Waals surface area contributed by atoms with Crippen molar-refractivity contribution >= 4 is 5.97 Å². The minimum absolute atomic E-state index is 0.481. The van der Waals surface area contributed by atoms with Crippen LogP contribution in [0.15, 0.2) is 12.1 Å². The maximum absolute atomic E-state index is 11.7. The molecule has 1 atom stereocenters. The van der Waals surface area contributed by atoms with Gasteiger partial charge in [0.25, 0.3) is 0 Å². The molecule has 1 aromatic carbocycles. The van der Waals surface area contributed by atoms with E-state index in [9.17, 15) is 10.1 Å². The Hall–Kier alpha value is -1.82. The Morgan fingerprint density at radius 2 is 1.83 bits per heavy atom. The van der Waals surface area contributed by atoms with Gasteiger partial charge in [0.05, 0.1) is 13.2 Å². The summed E-state index contributed by atoms with van der Waals surface area (Å²) in [6.07, 6.45) is 1.61. The quantitative estimate of drug-likeness (QED) is 0.766. The van der Waals surface area contributed by atoms with Crippen LogP contribution in [0.2, 0.25) is 0 Å². The average molecular weight is 245 g/mol. The van der Waals surface area contributed by atoms with E-state index < -0.39 is 11.9 Å². The maximum atomic E-state index is 11.7. The molecule has 1 aromatic rings. The van der Waals surface area contributed by atoms with Gasteiger partial charge in [0.2, 0.25) is 0 Å². The number of aryl methyl sites for hydroxylation is 3. The number of nitrogens with zero attached hydrogens (tertiary/aromatic N) is 1. The van der Waals surface area contributed by atoms with Crippen LogP contribution in [0.5, 0.6) is 0 Å². The van der Waals surface area contributed by atoms with E-state index in [0.717, 1.165) is 35.1 Å². The Labute approximate surface area is 108 Å². The van der Waals surface area contributed by atoms with Crippen LogP contribution in [0, 0.1) is 18.3 Å². The van der Waals surface area contributed by atoms with Crippen molar-refractivity contribution in [3.63, 3.8) is 0 Å². The summed E-state index contributed by atoms with van der Waals surface area (Å²) < 4.78 is 4.73. The normalized spacial score (nSPS) is 11.7. The van der Waals surface area contributed by atoms with E-state index in [1.54, 1.807) is 0 Å². The van der Waals surface area contributed by atoms with Gasteiger partial charge in [-0.25, -0.2) is 0 Å². The zero-order valence-corrected chi connectivity index (χ0v) is 11.4. The first kappa shape index (κ1) is 14.2. The number of rotatable bonds is 4. The van der Waals surface area contributed by atoms with Crippen LogP contribution in [-0.4, -0.2) is 13.1 Å². The van der Waals surface area contributed by atoms with Crippen LogP contribution in [0.1, 0.15) is 42.0 Å². The summed E-state index contributed by atoms with van der Waals surface area (Å²) >= 11 is 0. The van der Waals surface area contributed by atoms with Crippen molar-refractivity contribution in [1.82, 2.24) is 0 Å². The Bertz CT molecular complexity index is 461. The summed E-state index contributed by atoms with van der Waals surface area (Å²) in [5.74, 6) is -1.30. The van der Waals surface area contributed by atoms with Gasteiger partial charge in [0, 0.05) is 0 Å². The molecule has 0 heterocycles. The summed E-state index contributed by atoms with van der Waals surface area (Å²) in [4.78, 5) is 11.7. The lowest BCUT2D eigenvalue weighted by Gasteiger charge is -2.17. The first-order chi connectivity index (χ1) is 8.58. The predicted octanol–water partition coefficient (Wildman–Crippen LogP) is 2.90. The smallest absolute Gasteiger partial charge is 0.327 e. The molecule has 1 unspecified atom stereocenters. The predicted molar refractivity (Wildman–Crippen MR) is 70.3 cm³/mol. The molecule has 0 bridgehead atoms. The Morgan fingerprint density at radius 1 is 1.33 bits per heavy atom. The molecule has 18 heavy (non-hydrogen) atoms. The second-order valence-corrected chi connectivity index (χ2v) is 4.29. The van der Waals surface area contributed by atoms with Crippen molar-refractivity contribution in [3.05, 3.63) is 34.4 Å². The SMILES string of the molecule is CCc1cc(C)cc(CC)c1C(C#N)C(=O)OC. The van der Waals surface area contributed by atoms with Crippen molar-refractivity contribution in [2.24, 2.45) is 0 Å². The van der Waals surface area contributed by atoms with E-state index in [2.05, 4.69) is 6.07 Å². The Balaban J connectivity index is 3.45. The third-order valence-corrected chi connectivity index (χ3v) is 3.11. The van der Waals surface area contributed by atoms with Gasteiger partial charge < -0.3 is 4.74 Å². The molecule has 1 rings (SSSR count). The number of carbonyl (C=O) groups is 1. The summed E-state index contributed by atoms with van der Waals surface area (Å²) in [5.41, 5.74) is 4.11. The number of nitriles is 1. The maximum Gasteiger partial charge on any atom is 0.327 e. The van der Waals surface area contributed by atoms with Gasteiger partial charge in [-0.2, -0.15) is 5.26 Å². The number of methoxy groups -OCH3 is 1. The molecule has 0 fully saturated rings. The highest BCUT2D eigenvalue weighted by Crippen LogP contribution is 2.27. The van der Waals surface area contributed by atoms with Gasteiger partial charge in [-0.1, -0.05) is 31.5 Å². The first-order valence-electron chi connectivity index (χ1n) is 6.18. The number of hydrogen-bond donors (Lipinski definition) is 0. The minimum Gasteiger partial charge on any atom is -0.468 e. The van der Waals surface area contributed by atoms with Crippen LogP contribution in [0.3, 0.4) is 0 Å². The zero-order chi connectivity index (χ0) is 13.7. The molecular formula is C15H19NO2. The van der Waals surface area contributed by atoms with Crippen molar-refractivity contribution < 1.29 is 9.53 Å².